The molecule has 3 atom stereocenters. The second-order valence-electron chi connectivity index (χ2n) is 12.8. The summed E-state index contributed by atoms with van der Waals surface area (Å²) in [4.78, 5) is 42.6. The van der Waals surface area contributed by atoms with Gasteiger partial charge in [0.1, 0.15) is 17.5 Å². The number of hydrogen-bond acceptors (Lipinski definition) is 9. The topological polar surface area (TPSA) is 125 Å². The molecule has 0 saturated carbocycles. The first-order chi connectivity index (χ1) is 23.6. The molecule has 11 nitrogen and oxygen atoms in total. The van der Waals surface area contributed by atoms with Crippen LogP contribution in [0.25, 0.3) is 11.1 Å². The summed E-state index contributed by atoms with van der Waals surface area (Å²) in [5, 5.41) is 6.37. The summed E-state index contributed by atoms with van der Waals surface area (Å²) in [6, 6.07) is 11.4. The van der Waals surface area contributed by atoms with Gasteiger partial charge in [0.05, 0.1) is 53.3 Å². The van der Waals surface area contributed by atoms with E-state index in [0.717, 1.165) is 29.5 Å². The van der Waals surface area contributed by atoms with E-state index in [1.165, 1.54) is 6.92 Å². The van der Waals surface area contributed by atoms with Gasteiger partial charge in [-0.3, -0.25) is 14.4 Å². The van der Waals surface area contributed by atoms with Crippen molar-refractivity contribution in [3.8, 4) is 39.9 Å². The number of nitrogens with zero attached hydrogens (tertiary/aromatic N) is 1. The van der Waals surface area contributed by atoms with Crippen LogP contribution in [0.15, 0.2) is 47.3 Å². The number of methoxy groups -OCH3 is 5. The number of aryl methyl sites for hydroxylation is 1. The van der Waals surface area contributed by atoms with Crippen molar-refractivity contribution < 1.29 is 33.3 Å². The Balaban J connectivity index is 1.58. The van der Waals surface area contributed by atoms with Gasteiger partial charge in [-0.15, -0.1) is 0 Å². The number of amides is 2. The van der Waals surface area contributed by atoms with Gasteiger partial charge in [-0.2, -0.15) is 0 Å². The standard InChI is InChI=1S/C38H47N3O8/c1-21(2)35(38(44)41-17-9-10-30(41)26-13-12-24(45-4)19-32(26)46-5)40-29-16-14-25-27(20-31(29)43)28(39-22(3)42)15-11-23-18-33(47-6)36(48-7)37(49-8)34(23)25/h12-14,16,18-21,28,30,35H,9-11,15,17H2,1-8H3,(H,39,42)(H,40,43)/t28-,30-,35-/m0/s1. The van der Waals surface area contributed by atoms with Crippen LogP contribution in [0, 0.1) is 5.92 Å². The fourth-order valence-corrected chi connectivity index (χ4v) is 7.13. The van der Waals surface area contributed by atoms with Gasteiger partial charge in [-0.05, 0) is 78.6 Å². The molecule has 11 heteroatoms. The Morgan fingerprint density at radius 2 is 1.57 bits per heavy atom. The highest BCUT2D eigenvalue weighted by Gasteiger charge is 2.37. The summed E-state index contributed by atoms with van der Waals surface area (Å²) in [7, 11) is 7.90. The predicted molar refractivity (Wildman–Crippen MR) is 188 cm³/mol. The third kappa shape index (κ3) is 6.97. The number of likely N-dealkylation sites (tertiary alicyclic amines) is 1. The molecule has 262 valence electrons. The van der Waals surface area contributed by atoms with Crippen LogP contribution in [-0.2, 0) is 16.0 Å². The first-order valence-electron chi connectivity index (χ1n) is 16.6. The lowest BCUT2D eigenvalue weighted by molar-refractivity contribution is -0.134. The minimum absolute atomic E-state index is 0.0946. The monoisotopic (exact) mass is 673 g/mol. The highest BCUT2D eigenvalue weighted by Crippen LogP contribution is 2.50. The van der Waals surface area contributed by atoms with Gasteiger partial charge in [0.15, 0.2) is 11.5 Å². The molecule has 0 unspecified atom stereocenters. The van der Waals surface area contributed by atoms with E-state index < -0.39 is 12.1 Å². The van der Waals surface area contributed by atoms with Gasteiger partial charge in [0, 0.05) is 30.7 Å². The Bertz CT molecular complexity index is 1770. The molecule has 0 bridgehead atoms. The second kappa shape index (κ2) is 15.1. The molecule has 5 rings (SSSR count). The molecule has 3 aromatic carbocycles. The molecule has 1 fully saturated rings. The number of nitrogens with one attached hydrogen (secondary N) is 2. The first kappa shape index (κ1) is 35.4. The van der Waals surface area contributed by atoms with E-state index in [2.05, 4.69) is 10.6 Å². The Kier molecular flexibility index (Phi) is 10.9. The fraction of sp³-hybridized carbons (Fsp3) is 0.447. The molecule has 1 heterocycles. The average molecular weight is 674 g/mol. The van der Waals surface area contributed by atoms with E-state index in [9.17, 15) is 14.4 Å². The van der Waals surface area contributed by atoms with Crippen molar-refractivity contribution in [2.45, 2.75) is 64.6 Å². The van der Waals surface area contributed by atoms with Crippen molar-refractivity contribution in [2.75, 3.05) is 47.4 Å². The minimum Gasteiger partial charge on any atom is -0.497 e. The Morgan fingerprint density at radius 1 is 0.837 bits per heavy atom. The van der Waals surface area contributed by atoms with Crippen LogP contribution in [0.2, 0.25) is 0 Å². The van der Waals surface area contributed by atoms with Crippen LogP contribution in [0.1, 0.15) is 68.8 Å². The van der Waals surface area contributed by atoms with Crippen molar-refractivity contribution in [1.82, 2.24) is 10.2 Å². The molecule has 2 amide bonds. The lowest BCUT2D eigenvalue weighted by Gasteiger charge is -2.32. The zero-order valence-corrected chi connectivity index (χ0v) is 29.6. The maximum atomic E-state index is 14.3. The van der Waals surface area contributed by atoms with Gasteiger partial charge in [-0.25, -0.2) is 0 Å². The summed E-state index contributed by atoms with van der Waals surface area (Å²) < 4.78 is 28.3. The summed E-state index contributed by atoms with van der Waals surface area (Å²) in [5.74, 6) is 2.32. The number of rotatable bonds is 11. The number of anilines is 1. The lowest BCUT2D eigenvalue weighted by atomic mass is 9.95. The van der Waals surface area contributed by atoms with Gasteiger partial charge < -0.3 is 39.2 Å². The molecule has 1 aliphatic carbocycles. The van der Waals surface area contributed by atoms with E-state index in [1.807, 2.05) is 49.1 Å². The molecule has 3 aromatic rings. The molecule has 1 saturated heterocycles. The Labute approximate surface area is 287 Å². The fourth-order valence-electron chi connectivity index (χ4n) is 7.13. The number of carbonyl (C=O) groups excluding carboxylic acids is 2. The van der Waals surface area contributed by atoms with Gasteiger partial charge in [0.2, 0.25) is 23.0 Å². The Hall–Kier alpha value is -4.93. The maximum Gasteiger partial charge on any atom is 0.245 e. The second-order valence-corrected chi connectivity index (χ2v) is 12.8. The lowest BCUT2D eigenvalue weighted by Crippen LogP contribution is -2.46. The number of ether oxygens (including phenoxy) is 5. The van der Waals surface area contributed by atoms with Crippen molar-refractivity contribution in [3.63, 3.8) is 0 Å². The van der Waals surface area contributed by atoms with Gasteiger partial charge in [0.25, 0.3) is 0 Å². The van der Waals surface area contributed by atoms with E-state index in [0.29, 0.717) is 59.3 Å². The maximum absolute atomic E-state index is 14.3. The zero-order valence-electron chi connectivity index (χ0n) is 29.6. The van der Waals surface area contributed by atoms with E-state index in [-0.39, 0.29) is 34.9 Å². The Morgan fingerprint density at radius 3 is 2.20 bits per heavy atom. The van der Waals surface area contributed by atoms with Gasteiger partial charge >= 0.3 is 0 Å². The van der Waals surface area contributed by atoms with Gasteiger partial charge in [-0.1, -0.05) is 19.9 Å². The van der Waals surface area contributed by atoms with E-state index in [1.54, 1.807) is 47.7 Å². The molecule has 0 spiro atoms. The number of carbonyl (C=O) groups is 2. The van der Waals surface area contributed by atoms with Crippen LogP contribution >= 0.6 is 0 Å². The predicted octanol–water partition coefficient (Wildman–Crippen LogP) is 5.68. The molecule has 1 aliphatic heterocycles. The van der Waals surface area contributed by atoms with Crippen LogP contribution in [0.3, 0.4) is 0 Å². The molecule has 2 aliphatic rings. The normalized spacial score (nSPS) is 17.3. The molecular formula is C38H47N3O8. The summed E-state index contributed by atoms with van der Waals surface area (Å²) in [5.41, 5.74) is 3.95. The highest BCUT2D eigenvalue weighted by atomic mass is 16.5. The number of fused-ring (bicyclic) bond motifs is 3. The molecule has 49 heavy (non-hydrogen) atoms. The van der Waals surface area contributed by atoms with Crippen molar-refractivity contribution in [2.24, 2.45) is 5.92 Å². The van der Waals surface area contributed by atoms with Crippen LogP contribution in [-0.4, -0.2) is 64.8 Å². The van der Waals surface area contributed by atoms with Crippen molar-refractivity contribution in [1.29, 1.82) is 0 Å². The molecular weight excluding hydrogens is 626 g/mol. The van der Waals surface area contributed by atoms with E-state index in [4.69, 9.17) is 23.7 Å². The van der Waals surface area contributed by atoms with Crippen molar-refractivity contribution in [3.05, 3.63) is 69.4 Å². The largest absolute Gasteiger partial charge is 0.497 e. The zero-order chi connectivity index (χ0) is 35.4. The molecule has 0 aromatic heterocycles. The smallest absolute Gasteiger partial charge is 0.245 e. The van der Waals surface area contributed by atoms with Crippen LogP contribution < -0.4 is 39.7 Å². The number of benzene rings is 2. The average Bonchev–Trinajstić information content (AvgIpc) is 3.47. The minimum atomic E-state index is -0.683. The third-order valence-electron chi connectivity index (χ3n) is 9.50. The summed E-state index contributed by atoms with van der Waals surface area (Å²) >= 11 is 0. The first-order valence-corrected chi connectivity index (χ1v) is 16.6. The van der Waals surface area contributed by atoms with E-state index >= 15 is 0 Å². The molecule has 2 N–H and O–H groups in total. The summed E-state index contributed by atoms with van der Waals surface area (Å²) in [6.07, 6.45) is 2.77. The van der Waals surface area contributed by atoms with Crippen LogP contribution in [0.4, 0.5) is 5.69 Å². The number of hydrogen-bond donors (Lipinski definition) is 2. The summed E-state index contributed by atoms with van der Waals surface area (Å²) in [6.45, 7) is 5.98. The van der Waals surface area contributed by atoms with Crippen LogP contribution in [0.5, 0.6) is 28.7 Å². The SMILES string of the molecule is COc1ccc([C@@H]2CCCN2C(=O)[C@@H](Nc2ccc3c(cc2=O)[C@@H](NC(C)=O)CCc2cc(OC)c(OC)c(OC)c2-3)C(C)C)c(OC)c1. The highest BCUT2D eigenvalue weighted by molar-refractivity contribution is 5.87. The quantitative estimate of drug-likeness (QED) is 0.265. The third-order valence-corrected chi connectivity index (χ3v) is 9.50. The van der Waals surface area contributed by atoms with Crippen molar-refractivity contribution >= 4 is 17.5 Å². The molecule has 0 radical (unpaired) electrons.